The van der Waals surface area contributed by atoms with Gasteiger partial charge in [-0.25, -0.2) is 4.79 Å². The molecule has 5 heteroatoms. The van der Waals surface area contributed by atoms with E-state index in [1.54, 1.807) is 30.3 Å². The highest BCUT2D eigenvalue weighted by atomic mass is 79.9. The summed E-state index contributed by atoms with van der Waals surface area (Å²) >= 11 is 3.40. The molecular weight excluding hydrogens is 334 g/mol. The summed E-state index contributed by atoms with van der Waals surface area (Å²) in [7, 11) is 1.29. The van der Waals surface area contributed by atoms with Crippen LogP contribution in [-0.4, -0.2) is 19.0 Å². The van der Waals surface area contributed by atoms with Crippen LogP contribution in [0.25, 0.3) is 0 Å². The lowest BCUT2D eigenvalue weighted by molar-refractivity contribution is 0.0597. The summed E-state index contributed by atoms with van der Waals surface area (Å²) in [6, 6.07) is 12.1. The summed E-state index contributed by atoms with van der Waals surface area (Å²) in [6.45, 7) is 1.96. The predicted octanol–water partition coefficient (Wildman–Crippen LogP) is 3.80. The van der Waals surface area contributed by atoms with E-state index in [0.29, 0.717) is 5.69 Å². The molecular formula is C16H14BrNO3. The van der Waals surface area contributed by atoms with Crippen LogP contribution in [-0.2, 0) is 4.74 Å². The average Bonchev–Trinajstić information content (AvgIpc) is 2.49. The lowest BCUT2D eigenvalue weighted by Crippen LogP contribution is -2.17. The summed E-state index contributed by atoms with van der Waals surface area (Å²) in [4.78, 5) is 24.0. The molecule has 0 radical (unpaired) electrons. The van der Waals surface area contributed by atoms with E-state index in [1.807, 2.05) is 19.1 Å². The van der Waals surface area contributed by atoms with Crippen molar-refractivity contribution in [2.75, 3.05) is 12.4 Å². The first-order valence-electron chi connectivity index (χ1n) is 6.27. The molecule has 1 N–H and O–H groups in total. The van der Waals surface area contributed by atoms with Crippen molar-refractivity contribution >= 4 is 33.5 Å². The van der Waals surface area contributed by atoms with Crippen molar-refractivity contribution in [3.05, 3.63) is 63.6 Å². The number of carbonyl (C=O) groups is 2. The minimum Gasteiger partial charge on any atom is -0.465 e. The van der Waals surface area contributed by atoms with Crippen molar-refractivity contribution in [3.8, 4) is 0 Å². The SMILES string of the molecule is COC(=O)c1ccccc1C(=O)Nc1ccc(C)cc1Br. The highest BCUT2D eigenvalue weighted by molar-refractivity contribution is 9.10. The zero-order valence-corrected chi connectivity index (χ0v) is 13.2. The molecule has 0 aliphatic rings. The molecule has 0 aliphatic heterocycles. The van der Waals surface area contributed by atoms with Crippen molar-refractivity contribution in [3.63, 3.8) is 0 Å². The van der Waals surface area contributed by atoms with Crippen LogP contribution in [0.15, 0.2) is 46.9 Å². The highest BCUT2D eigenvalue weighted by Crippen LogP contribution is 2.24. The zero-order valence-electron chi connectivity index (χ0n) is 11.6. The number of carbonyl (C=O) groups excluding carboxylic acids is 2. The third kappa shape index (κ3) is 3.49. The Kier molecular flexibility index (Phi) is 4.75. The average molecular weight is 348 g/mol. The third-order valence-electron chi connectivity index (χ3n) is 2.95. The van der Waals surface area contributed by atoms with Crippen LogP contribution in [0.5, 0.6) is 0 Å². The van der Waals surface area contributed by atoms with Gasteiger partial charge in [-0.05, 0) is 52.7 Å². The second-order valence-corrected chi connectivity index (χ2v) is 5.33. The molecule has 0 aromatic heterocycles. The number of esters is 1. The number of anilines is 1. The van der Waals surface area contributed by atoms with Gasteiger partial charge in [-0.15, -0.1) is 0 Å². The summed E-state index contributed by atoms with van der Waals surface area (Å²) in [5.74, 6) is -0.899. The van der Waals surface area contributed by atoms with Crippen LogP contribution in [0.4, 0.5) is 5.69 Å². The molecule has 2 aromatic rings. The highest BCUT2D eigenvalue weighted by Gasteiger charge is 2.17. The number of methoxy groups -OCH3 is 1. The second kappa shape index (κ2) is 6.54. The predicted molar refractivity (Wildman–Crippen MR) is 84.6 cm³/mol. The molecule has 0 unspecified atom stereocenters. The molecule has 0 bridgehead atoms. The van der Waals surface area contributed by atoms with Gasteiger partial charge >= 0.3 is 5.97 Å². The van der Waals surface area contributed by atoms with Crippen molar-refractivity contribution < 1.29 is 14.3 Å². The number of nitrogens with one attached hydrogen (secondary N) is 1. The number of rotatable bonds is 3. The number of halogens is 1. The Balaban J connectivity index is 2.31. The Morgan fingerprint density at radius 1 is 1.10 bits per heavy atom. The quantitative estimate of drug-likeness (QED) is 0.859. The van der Waals surface area contributed by atoms with Gasteiger partial charge in [-0.2, -0.15) is 0 Å². The van der Waals surface area contributed by atoms with E-state index in [1.165, 1.54) is 7.11 Å². The Hall–Kier alpha value is -2.14. The lowest BCUT2D eigenvalue weighted by atomic mass is 10.1. The Bertz CT molecular complexity index is 698. The van der Waals surface area contributed by atoms with Gasteiger partial charge in [0.05, 0.1) is 23.9 Å². The van der Waals surface area contributed by atoms with Gasteiger partial charge in [0, 0.05) is 4.47 Å². The van der Waals surface area contributed by atoms with Gasteiger partial charge in [-0.1, -0.05) is 18.2 Å². The molecule has 2 aromatic carbocycles. The van der Waals surface area contributed by atoms with Crippen molar-refractivity contribution in [1.29, 1.82) is 0 Å². The van der Waals surface area contributed by atoms with Crippen molar-refractivity contribution in [2.24, 2.45) is 0 Å². The van der Waals surface area contributed by atoms with E-state index in [2.05, 4.69) is 26.0 Å². The first-order valence-corrected chi connectivity index (χ1v) is 7.07. The van der Waals surface area contributed by atoms with Crippen molar-refractivity contribution in [2.45, 2.75) is 6.92 Å². The van der Waals surface area contributed by atoms with Crippen LogP contribution in [0.2, 0.25) is 0 Å². The maximum absolute atomic E-state index is 12.4. The maximum Gasteiger partial charge on any atom is 0.338 e. The van der Waals surface area contributed by atoms with E-state index in [4.69, 9.17) is 0 Å². The van der Waals surface area contributed by atoms with Gasteiger partial charge in [0.15, 0.2) is 0 Å². The van der Waals surface area contributed by atoms with Crippen LogP contribution >= 0.6 is 15.9 Å². The maximum atomic E-state index is 12.4. The molecule has 108 valence electrons. The van der Waals surface area contributed by atoms with E-state index >= 15 is 0 Å². The molecule has 0 heterocycles. The molecule has 0 fully saturated rings. The van der Waals surface area contributed by atoms with Gasteiger partial charge in [0.1, 0.15) is 0 Å². The lowest BCUT2D eigenvalue weighted by Gasteiger charge is -2.10. The summed E-state index contributed by atoms with van der Waals surface area (Å²) in [6.07, 6.45) is 0. The number of ether oxygens (including phenoxy) is 1. The third-order valence-corrected chi connectivity index (χ3v) is 3.61. The minimum atomic E-state index is -0.538. The van der Waals surface area contributed by atoms with E-state index in [-0.39, 0.29) is 17.0 Å². The Morgan fingerprint density at radius 2 is 1.76 bits per heavy atom. The first-order chi connectivity index (χ1) is 10.0. The van der Waals surface area contributed by atoms with E-state index in [9.17, 15) is 9.59 Å². The molecule has 4 nitrogen and oxygen atoms in total. The number of hydrogen-bond acceptors (Lipinski definition) is 3. The van der Waals surface area contributed by atoms with Crippen LogP contribution in [0.3, 0.4) is 0 Å². The fraction of sp³-hybridized carbons (Fsp3) is 0.125. The summed E-state index contributed by atoms with van der Waals surface area (Å²) in [5, 5.41) is 2.78. The van der Waals surface area contributed by atoms with Gasteiger partial charge < -0.3 is 10.1 Å². The summed E-state index contributed by atoms with van der Waals surface area (Å²) in [5.41, 5.74) is 2.23. The van der Waals surface area contributed by atoms with Crippen LogP contribution in [0.1, 0.15) is 26.3 Å². The smallest absolute Gasteiger partial charge is 0.338 e. The molecule has 1 amide bonds. The molecule has 0 aliphatic carbocycles. The van der Waals surface area contributed by atoms with Crippen molar-refractivity contribution in [1.82, 2.24) is 0 Å². The number of benzene rings is 2. The molecule has 0 saturated carbocycles. The zero-order chi connectivity index (χ0) is 15.4. The largest absolute Gasteiger partial charge is 0.465 e. The fourth-order valence-corrected chi connectivity index (χ4v) is 2.47. The van der Waals surface area contributed by atoms with E-state index in [0.717, 1.165) is 10.0 Å². The Morgan fingerprint density at radius 3 is 2.38 bits per heavy atom. The number of amides is 1. The molecule has 21 heavy (non-hydrogen) atoms. The fourth-order valence-electron chi connectivity index (χ4n) is 1.88. The minimum absolute atomic E-state index is 0.237. The first kappa shape index (κ1) is 15.3. The molecule has 2 rings (SSSR count). The van der Waals surface area contributed by atoms with Crippen LogP contribution < -0.4 is 5.32 Å². The van der Waals surface area contributed by atoms with Gasteiger partial charge in [-0.3, -0.25) is 4.79 Å². The normalized spacial score (nSPS) is 10.0. The standard InChI is InChI=1S/C16H14BrNO3/c1-10-7-8-14(13(17)9-10)18-15(19)11-5-3-4-6-12(11)16(20)21-2/h3-9H,1-2H3,(H,18,19). The topological polar surface area (TPSA) is 55.4 Å². The summed E-state index contributed by atoms with van der Waals surface area (Å²) < 4.78 is 5.47. The Labute approximate surface area is 131 Å². The molecule has 0 saturated heterocycles. The number of aryl methyl sites for hydroxylation is 1. The second-order valence-electron chi connectivity index (χ2n) is 4.47. The number of hydrogen-bond donors (Lipinski definition) is 1. The van der Waals surface area contributed by atoms with E-state index < -0.39 is 5.97 Å². The molecule has 0 spiro atoms. The van der Waals surface area contributed by atoms with Crippen LogP contribution in [0, 0.1) is 6.92 Å². The monoisotopic (exact) mass is 347 g/mol. The molecule has 0 atom stereocenters. The van der Waals surface area contributed by atoms with Gasteiger partial charge in [0.25, 0.3) is 5.91 Å². The van der Waals surface area contributed by atoms with Gasteiger partial charge in [0.2, 0.25) is 0 Å².